The number of benzene rings is 3. The Morgan fingerprint density at radius 3 is 1.94 bits per heavy atom. The third kappa shape index (κ3) is 5.00. The molecule has 4 rings (SSSR count). The number of carbonyl (C=O) groups is 1. The van der Waals surface area contributed by atoms with E-state index in [0.717, 1.165) is 16.9 Å². The Balaban J connectivity index is 1.61. The van der Waals surface area contributed by atoms with Crippen molar-refractivity contribution >= 4 is 29.4 Å². The molecule has 3 nitrogen and oxygen atoms in total. The summed E-state index contributed by atoms with van der Waals surface area (Å²) >= 11 is 3.63. The second-order valence-electron chi connectivity index (χ2n) is 7.20. The predicted molar refractivity (Wildman–Crippen MR) is 129 cm³/mol. The Morgan fingerprint density at radius 1 is 0.903 bits per heavy atom. The lowest BCUT2D eigenvalue weighted by Crippen LogP contribution is -2.58. The van der Waals surface area contributed by atoms with Crippen LogP contribution in [0.2, 0.25) is 0 Å². The lowest BCUT2D eigenvalue weighted by atomic mass is 9.94. The average molecular weight is 448 g/mol. The van der Waals surface area contributed by atoms with Gasteiger partial charge in [-0.2, -0.15) is 0 Å². The van der Waals surface area contributed by atoms with Gasteiger partial charge in [0.05, 0.1) is 17.7 Å². The van der Waals surface area contributed by atoms with Gasteiger partial charge < -0.3 is 9.64 Å². The van der Waals surface area contributed by atoms with Gasteiger partial charge in [0.1, 0.15) is 5.75 Å². The van der Waals surface area contributed by atoms with Gasteiger partial charge in [0.15, 0.2) is 0 Å². The molecule has 158 valence electrons. The van der Waals surface area contributed by atoms with Crippen LogP contribution in [-0.4, -0.2) is 28.5 Å². The van der Waals surface area contributed by atoms with Crippen molar-refractivity contribution in [3.05, 3.63) is 102 Å². The Hall–Kier alpha value is -2.63. The number of hydrogen-bond donors (Lipinski definition) is 0. The number of methoxy groups -OCH3 is 1. The highest BCUT2D eigenvalue weighted by Gasteiger charge is 2.46. The third-order valence-electron chi connectivity index (χ3n) is 5.23. The molecule has 0 saturated carbocycles. The fourth-order valence-corrected chi connectivity index (χ4v) is 6.49. The van der Waals surface area contributed by atoms with Gasteiger partial charge in [0, 0.05) is 21.9 Å². The summed E-state index contributed by atoms with van der Waals surface area (Å²) in [5, 5.41) is 0. The molecule has 3 aromatic rings. The van der Waals surface area contributed by atoms with Crippen molar-refractivity contribution in [3.63, 3.8) is 0 Å². The molecule has 31 heavy (non-hydrogen) atoms. The van der Waals surface area contributed by atoms with Crippen molar-refractivity contribution < 1.29 is 9.53 Å². The zero-order valence-corrected chi connectivity index (χ0v) is 19.2. The van der Waals surface area contributed by atoms with Crippen molar-refractivity contribution in [2.45, 2.75) is 33.9 Å². The smallest absolute Gasteiger partial charge is 0.252 e. The van der Waals surface area contributed by atoms with E-state index in [-0.39, 0.29) is 16.5 Å². The van der Waals surface area contributed by atoms with Gasteiger partial charge in [-0.1, -0.05) is 54.6 Å². The summed E-state index contributed by atoms with van der Waals surface area (Å²) in [6.45, 7) is 2.55. The molecular formula is C26H25NO2S2. The molecule has 0 radical (unpaired) electrons. The van der Waals surface area contributed by atoms with Crippen LogP contribution in [0.5, 0.6) is 5.75 Å². The maximum atomic E-state index is 13.0. The Bertz CT molecular complexity index is 995. The SMILES string of the molecule is C/C=C1\C(=O)N(Cc2ccc(OC)cc2)[C@H]1C(Sc1ccccc1)Sc1ccccc1. The number of hydrogen-bond acceptors (Lipinski definition) is 4. The Morgan fingerprint density at radius 2 is 1.45 bits per heavy atom. The second-order valence-corrected chi connectivity index (χ2v) is 9.93. The molecular weight excluding hydrogens is 422 g/mol. The molecule has 0 bridgehead atoms. The molecule has 0 unspecified atom stereocenters. The summed E-state index contributed by atoms with van der Waals surface area (Å²) in [6.07, 6.45) is 1.97. The van der Waals surface area contributed by atoms with Crippen LogP contribution >= 0.6 is 23.5 Å². The number of nitrogens with zero attached hydrogens (tertiary/aromatic N) is 1. The highest BCUT2D eigenvalue weighted by Crippen LogP contribution is 2.45. The van der Waals surface area contributed by atoms with Crippen molar-refractivity contribution in [1.29, 1.82) is 0 Å². The van der Waals surface area contributed by atoms with Gasteiger partial charge in [0.25, 0.3) is 5.91 Å². The molecule has 1 fully saturated rings. The van der Waals surface area contributed by atoms with E-state index in [9.17, 15) is 4.79 Å². The third-order valence-corrected chi connectivity index (χ3v) is 7.88. The Labute approximate surface area is 192 Å². The maximum Gasteiger partial charge on any atom is 0.252 e. The topological polar surface area (TPSA) is 29.5 Å². The molecule has 1 atom stereocenters. The van der Waals surface area contributed by atoms with E-state index in [1.165, 1.54) is 9.79 Å². The van der Waals surface area contributed by atoms with Crippen molar-refractivity contribution in [1.82, 2.24) is 4.90 Å². The summed E-state index contributed by atoms with van der Waals surface area (Å²) in [5.41, 5.74) is 1.99. The molecule has 0 aliphatic carbocycles. The average Bonchev–Trinajstić information content (AvgIpc) is 2.82. The summed E-state index contributed by atoms with van der Waals surface area (Å²) < 4.78 is 5.41. The number of β-lactam (4-membered cyclic amide) rings is 1. The molecule has 0 spiro atoms. The number of amides is 1. The first-order chi connectivity index (χ1) is 15.2. The monoisotopic (exact) mass is 447 g/mol. The molecule has 0 N–H and O–H groups in total. The second kappa shape index (κ2) is 10.1. The van der Waals surface area contributed by atoms with Gasteiger partial charge in [-0.25, -0.2) is 0 Å². The highest BCUT2D eigenvalue weighted by atomic mass is 32.2. The molecule has 3 aromatic carbocycles. The first kappa shape index (κ1) is 21.6. The molecule has 1 amide bonds. The first-order valence-corrected chi connectivity index (χ1v) is 12.0. The van der Waals surface area contributed by atoms with Crippen LogP contribution in [-0.2, 0) is 11.3 Å². The number of likely N-dealkylation sites (tertiary alicyclic amines) is 1. The van der Waals surface area contributed by atoms with E-state index in [1.807, 2.05) is 77.8 Å². The maximum absolute atomic E-state index is 13.0. The van der Waals surface area contributed by atoms with E-state index in [2.05, 4.69) is 48.5 Å². The lowest BCUT2D eigenvalue weighted by molar-refractivity contribution is -0.137. The van der Waals surface area contributed by atoms with E-state index < -0.39 is 0 Å². The number of rotatable bonds is 8. The minimum atomic E-state index is 0.0370. The fourth-order valence-electron chi connectivity index (χ4n) is 3.63. The minimum Gasteiger partial charge on any atom is -0.497 e. The van der Waals surface area contributed by atoms with Gasteiger partial charge in [-0.05, 0) is 48.9 Å². The largest absolute Gasteiger partial charge is 0.497 e. The number of carbonyl (C=O) groups excluding carboxylic acids is 1. The summed E-state index contributed by atoms with van der Waals surface area (Å²) in [4.78, 5) is 17.4. The minimum absolute atomic E-state index is 0.0370. The fraction of sp³-hybridized carbons (Fsp3) is 0.192. The van der Waals surface area contributed by atoms with Crippen molar-refractivity contribution in [3.8, 4) is 5.75 Å². The normalized spacial score (nSPS) is 17.1. The van der Waals surface area contributed by atoms with E-state index in [1.54, 1.807) is 7.11 Å². The molecule has 1 saturated heterocycles. The molecule has 0 aromatic heterocycles. The van der Waals surface area contributed by atoms with Crippen LogP contribution in [0.1, 0.15) is 12.5 Å². The summed E-state index contributed by atoms with van der Waals surface area (Å²) in [5.74, 6) is 0.942. The van der Waals surface area contributed by atoms with E-state index in [0.29, 0.717) is 6.54 Å². The number of allylic oxidation sites excluding steroid dienone is 1. The Kier molecular flexibility index (Phi) is 7.05. The van der Waals surface area contributed by atoms with Gasteiger partial charge in [0.2, 0.25) is 0 Å². The molecule has 1 aliphatic rings. The number of ether oxygens (including phenoxy) is 1. The molecule has 1 aliphatic heterocycles. The first-order valence-electron chi connectivity index (χ1n) is 10.2. The van der Waals surface area contributed by atoms with Crippen molar-refractivity contribution in [2.24, 2.45) is 0 Å². The van der Waals surface area contributed by atoms with Gasteiger partial charge >= 0.3 is 0 Å². The highest BCUT2D eigenvalue weighted by molar-refractivity contribution is 8.17. The van der Waals surface area contributed by atoms with Crippen LogP contribution in [0.3, 0.4) is 0 Å². The van der Waals surface area contributed by atoms with Crippen LogP contribution in [0.25, 0.3) is 0 Å². The van der Waals surface area contributed by atoms with Crippen molar-refractivity contribution in [2.75, 3.05) is 7.11 Å². The van der Waals surface area contributed by atoms with Gasteiger partial charge in [-0.15, -0.1) is 23.5 Å². The quantitative estimate of drug-likeness (QED) is 0.176. The van der Waals surface area contributed by atoms with Crippen LogP contribution in [0.4, 0.5) is 0 Å². The lowest BCUT2D eigenvalue weighted by Gasteiger charge is -2.46. The van der Waals surface area contributed by atoms with Crippen LogP contribution in [0.15, 0.2) is 106 Å². The van der Waals surface area contributed by atoms with E-state index in [4.69, 9.17) is 4.74 Å². The number of thioether (sulfide) groups is 2. The predicted octanol–water partition coefficient (Wildman–Crippen LogP) is 6.26. The standard InChI is InChI=1S/C26H25NO2S2/c1-3-23-24(27(25(23)28)18-19-14-16-20(29-2)17-15-19)26(30-21-10-6-4-7-11-21)31-22-12-8-5-9-13-22/h3-17,24,26H,18H2,1-2H3/b23-3-/t24-/m1/s1. The van der Waals surface area contributed by atoms with Crippen LogP contribution in [0, 0.1) is 0 Å². The summed E-state index contributed by atoms with van der Waals surface area (Å²) in [7, 11) is 1.66. The molecule has 1 heterocycles. The summed E-state index contributed by atoms with van der Waals surface area (Å²) in [6, 6.07) is 28.8. The van der Waals surface area contributed by atoms with Crippen LogP contribution < -0.4 is 4.74 Å². The zero-order valence-electron chi connectivity index (χ0n) is 17.6. The molecule has 5 heteroatoms. The van der Waals surface area contributed by atoms with Gasteiger partial charge in [-0.3, -0.25) is 4.79 Å². The van der Waals surface area contributed by atoms with E-state index >= 15 is 0 Å². The zero-order chi connectivity index (χ0) is 21.6.